The molecule has 2 unspecified atom stereocenters. The maximum absolute atomic E-state index is 11.7. The predicted molar refractivity (Wildman–Crippen MR) is 64.3 cm³/mol. The number of carbonyl (C=O) groups excluding carboxylic acids is 1. The van der Waals surface area contributed by atoms with Crippen LogP contribution in [0.4, 0.5) is 0 Å². The summed E-state index contributed by atoms with van der Waals surface area (Å²) in [5.74, 6) is -0.151. The maximum atomic E-state index is 11.7. The van der Waals surface area contributed by atoms with Gasteiger partial charge in [-0.3, -0.25) is 9.48 Å². The molecule has 6 nitrogen and oxygen atoms in total. The van der Waals surface area contributed by atoms with Gasteiger partial charge < -0.3 is 15.8 Å². The van der Waals surface area contributed by atoms with E-state index < -0.39 is 6.04 Å². The van der Waals surface area contributed by atoms with Crippen LogP contribution in [0.2, 0.25) is 0 Å². The van der Waals surface area contributed by atoms with Gasteiger partial charge >= 0.3 is 0 Å². The summed E-state index contributed by atoms with van der Waals surface area (Å²) in [6.45, 7) is 3.04. The van der Waals surface area contributed by atoms with Gasteiger partial charge in [0, 0.05) is 32.2 Å². The fraction of sp³-hybridized carbons (Fsp3) is 0.636. The quantitative estimate of drug-likeness (QED) is 0.688. The smallest absolute Gasteiger partial charge is 0.237 e. The van der Waals surface area contributed by atoms with Crippen molar-refractivity contribution >= 4 is 5.91 Å². The maximum Gasteiger partial charge on any atom is 0.237 e. The number of rotatable bonds is 7. The van der Waals surface area contributed by atoms with Crippen molar-refractivity contribution in [1.82, 2.24) is 15.1 Å². The van der Waals surface area contributed by atoms with E-state index in [2.05, 4.69) is 10.4 Å². The molecular weight excluding hydrogens is 220 g/mol. The summed E-state index contributed by atoms with van der Waals surface area (Å²) in [6.07, 6.45) is 4.09. The van der Waals surface area contributed by atoms with Gasteiger partial charge in [0.1, 0.15) is 0 Å². The number of nitrogens with one attached hydrogen (secondary N) is 1. The number of nitrogens with zero attached hydrogens (tertiary/aromatic N) is 2. The van der Waals surface area contributed by atoms with E-state index in [1.165, 1.54) is 0 Å². The summed E-state index contributed by atoms with van der Waals surface area (Å²) in [5, 5.41) is 6.92. The second kappa shape index (κ2) is 7.03. The van der Waals surface area contributed by atoms with Crippen molar-refractivity contribution in [2.75, 3.05) is 13.7 Å². The van der Waals surface area contributed by atoms with Crippen molar-refractivity contribution in [2.24, 2.45) is 5.73 Å². The lowest BCUT2D eigenvalue weighted by Gasteiger charge is -2.17. The molecule has 0 saturated carbocycles. The van der Waals surface area contributed by atoms with Gasteiger partial charge in [0.05, 0.1) is 12.6 Å². The zero-order chi connectivity index (χ0) is 12.7. The van der Waals surface area contributed by atoms with E-state index >= 15 is 0 Å². The molecule has 0 aliphatic rings. The molecule has 0 aromatic carbocycles. The normalized spacial score (nSPS) is 14.3. The van der Waals surface area contributed by atoms with Crippen molar-refractivity contribution < 1.29 is 9.53 Å². The van der Waals surface area contributed by atoms with E-state index in [1.54, 1.807) is 18.0 Å². The Morgan fingerprint density at radius 3 is 3.00 bits per heavy atom. The van der Waals surface area contributed by atoms with Crippen molar-refractivity contribution in [3.63, 3.8) is 0 Å². The van der Waals surface area contributed by atoms with E-state index in [9.17, 15) is 4.79 Å². The van der Waals surface area contributed by atoms with Crippen molar-refractivity contribution in [3.8, 4) is 0 Å². The summed E-state index contributed by atoms with van der Waals surface area (Å²) in [7, 11) is 1.59. The van der Waals surface area contributed by atoms with Crippen LogP contribution in [-0.4, -0.2) is 41.5 Å². The Kier molecular flexibility index (Phi) is 5.65. The van der Waals surface area contributed by atoms with Gasteiger partial charge in [-0.15, -0.1) is 0 Å². The Morgan fingerprint density at radius 1 is 1.65 bits per heavy atom. The highest BCUT2D eigenvalue weighted by Gasteiger charge is 2.15. The highest BCUT2D eigenvalue weighted by molar-refractivity contribution is 5.81. The minimum absolute atomic E-state index is 0.00371. The van der Waals surface area contributed by atoms with E-state index in [-0.39, 0.29) is 11.9 Å². The molecule has 0 radical (unpaired) electrons. The molecule has 1 amide bonds. The number of ether oxygens (including phenoxy) is 1. The summed E-state index contributed by atoms with van der Waals surface area (Å²) >= 11 is 0. The van der Waals surface area contributed by atoms with Crippen molar-refractivity contribution in [3.05, 3.63) is 18.5 Å². The molecule has 6 heteroatoms. The first kappa shape index (κ1) is 13.7. The standard InChI is InChI=1S/C11H20N4O2/c1-9(8-15-6-3-5-13-15)14-11(16)10(12)4-7-17-2/h3,5-6,9-10H,4,7-8,12H2,1-2H3,(H,14,16). The molecule has 0 bridgehead atoms. The molecule has 1 heterocycles. The third kappa shape index (κ3) is 4.97. The van der Waals surface area contributed by atoms with Crippen molar-refractivity contribution in [2.45, 2.75) is 32.0 Å². The lowest BCUT2D eigenvalue weighted by atomic mass is 10.2. The largest absolute Gasteiger partial charge is 0.385 e. The monoisotopic (exact) mass is 240 g/mol. The molecule has 17 heavy (non-hydrogen) atoms. The van der Waals surface area contributed by atoms with Crippen LogP contribution in [0.15, 0.2) is 18.5 Å². The molecular formula is C11H20N4O2. The Morgan fingerprint density at radius 2 is 2.41 bits per heavy atom. The van der Waals surface area contributed by atoms with Crippen LogP contribution in [0.5, 0.6) is 0 Å². The first-order chi connectivity index (χ1) is 8.13. The number of carbonyl (C=O) groups is 1. The summed E-state index contributed by atoms with van der Waals surface area (Å²) in [6, 6.07) is 1.32. The third-order valence-electron chi connectivity index (χ3n) is 2.38. The molecule has 0 spiro atoms. The van der Waals surface area contributed by atoms with E-state index in [0.29, 0.717) is 19.6 Å². The van der Waals surface area contributed by atoms with E-state index in [4.69, 9.17) is 10.5 Å². The SMILES string of the molecule is COCCC(N)C(=O)NC(C)Cn1cccn1. The fourth-order valence-electron chi connectivity index (χ4n) is 1.46. The van der Waals surface area contributed by atoms with Gasteiger partial charge in [-0.1, -0.05) is 0 Å². The Bertz CT molecular complexity index is 326. The molecule has 0 aliphatic carbocycles. The predicted octanol–water partition coefficient (Wildman–Crippen LogP) is -0.248. The molecule has 2 atom stereocenters. The van der Waals surface area contributed by atoms with Gasteiger partial charge in [0.15, 0.2) is 0 Å². The number of aromatic nitrogens is 2. The van der Waals surface area contributed by atoms with E-state index in [1.807, 2.05) is 19.2 Å². The number of methoxy groups -OCH3 is 1. The second-order valence-corrected chi connectivity index (χ2v) is 4.03. The number of hydrogen-bond donors (Lipinski definition) is 2. The van der Waals surface area contributed by atoms with Gasteiger partial charge in [-0.25, -0.2) is 0 Å². The lowest BCUT2D eigenvalue weighted by Crippen LogP contribution is -2.46. The number of nitrogens with two attached hydrogens (primary N) is 1. The third-order valence-corrected chi connectivity index (χ3v) is 2.38. The topological polar surface area (TPSA) is 82.2 Å². The Balaban J connectivity index is 2.30. The molecule has 96 valence electrons. The second-order valence-electron chi connectivity index (χ2n) is 4.03. The highest BCUT2D eigenvalue weighted by Crippen LogP contribution is 1.94. The Hall–Kier alpha value is -1.40. The van der Waals surface area contributed by atoms with Crippen LogP contribution in [-0.2, 0) is 16.1 Å². The summed E-state index contributed by atoms with van der Waals surface area (Å²) in [4.78, 5) is 11.7. The summed E-state index contributed by atoms with van der Waals surface area (Å²) in [5.41, 5.74) is 5.71. The fourth-order valence-corrected chi connectivity index (χ4v) is 1.46. The molecule has 0 saturated heterocycles. The van der Waals surface area contributed by atoms with Gasteiger partial charge in [-0.2, -0.15) is 5.10 Å². The first-order valence-corrected chi connectivity index (χ1v) is 5.65. The highest BCUT2D eigenvalue weighted by atomic mass is 16.5. The summed E-state index contributed by atoms with van der Waals surface area (Å²) < 4.78 is 6.65. The van der Waals surface area contributed by atoms with Crippen molar-refractivity contribution in [1.29, 1.82) is 0 Å². The van der Waals surface area contributed by atoms with Crippen LogP contribution in [0.1, 0.15) is 13.3 Å². The zero-order valence-electron chi connectivity index (χ0n) is 10.3. The van der Waals surface area contributed by atoms with Crippen LogP contribution >= 0.6 is 0 Å². The molecule has 3 N–H and O–H groups in total. The van der Waals surface area contributed by atoms with Gasteiger partial charge in [0.25, 0.3) is 0 Å². The zero-order valence-corrected chi connectivity index (χ0v) is 10.3. The molecule has 1 rings (SSSR count). The Labute approximate surface area is 101 Å². The molecule has 0 aliphatic heterocycles. The van der Waals surface area contributed by atoms with Gasteiger partial charge in [0.2, 0.25) is 5.91 Å². The van der Waals surface area contributed by atoms with Crippen LogP contribution in [0.25, 0.3) is 0 Å². The molecule has 1 aromatic heterocycles. The van der Waals surface area contributed by atoms with Crippen LogP contribution in [0, 0.1) is 0 Å². The molecule has 1 aromatic rings. The van der Waals surface area contributed by atoms with E-state index in [0.717, 1.165) is 0 Å². The average molecular weight is 240 g/mol. The van der Waals surface area contributed by atoms with Crippen LogP contribution < -0.4 is 11.1 Å². The van der Waals surface area contributed by atoms with Crippen LogP contribution in [0.3, 0.4) is 0 Å². The number of hydrogen-bond acceptors (Lipinski definition) is 4. The number of amides is 1. The molecule has 0 fully saturated rings. The minimum Gasteiger partial charge on any atom is -0.385 e. The minimum atomic E-state index is -0.518. The lowest BCUT2D eigenvalue weighted by molar-refractivity contribution is -0.123. The average Bonchev–Trinajstić information content (AvgIpc) is 2.78. The first-order valence-electron chi connectivity index (χ1n) is 5.65. The van der Waals surface area contributed by atoms with Gasteiger partial charge in [-0.05, 0) is 19.4 Å².